The van der Waals surface area contributed by atoms with Gasteiger partial charge >= 0.3 is 0 Å². The SMILES string of the molecule is CCC(N)CC(=O)Nc1cc(Br)c(F)cc1C. The van der Waals surface area contributed by atoms with Gasteiger partial charge in [0.2, 0.25) is 5.91 Å². The first-order chi connectivity index (χ1) is 7.93. The molecule has 1 amide bonds. The maximum Gasteiger partial charge on any atom is 0.225 e. The molecular weight excluding hydrogens is 287 g/mol. The van der Waals surface area contributed by atoms with Gasteiger partial charge in [-0.25, -0.2) is 4.39 Å². The standard InChI is InChI=1S/C12H16BrFN2O/c1-3-8(15)5-12(17)16-11-6-9(13)10(14)4-7(11)2/h4,6,8H,3,5,15H2,1-2H3,(H,16,17). The van der Waals surface area contributed by atoms with Crippen LogP contribution in [0.3, 0.4) is 0 Å². The zero-order chi connectivity index (χ0) is 13.0. The highest BCUT2D eigenvalue weighted by Gasteiger charge is 2.11. The van der Waals surface area contributed by atoms with Crippen molar-refractivity contribution in [2.45, 2.75) is 32.7 Å². The van der Waals surface area contributed by atoms with Gasteiger partial charge < -0.3 is 11.1 Å². The molecule has 1 unspecified atom stereocenters. The number of nitrogens with two attached hydrogens (primary N) is 1. The van der Waals surface area contributed by atoms with Crippen LogP contribution in [0.25, 0.3) is 0 Å². The quantitative estimate of drug-likeness (QED) is 0.898. The molecule has 94 valence electrons. The van der Waals surface area contributed by atoms with Crippen LogP contribution >= 0.6 is 15.9 Å². The fraction of sp³-hybridized carbons (Fsp3) is 0.417. The molecule has 0 aliphatic heterocycles. The van der Waals surface area contributed by atoms with Crippen LogP contribution in [0.15, 0.2) is 16.6 Å². The lowest BCUT2D eigenvalue weighted by Gasteiger charge is -2.12. The molecule has 0 aliphatic rings. The Morgan fingerprint density at radius 2 is 2.24 bits per heavy atom. The molecule has 1 rings (SSSR count). The summed E-state index contributed by atoms with van der Waals surface area (Å²) in [5.74, 6) is -0.494. The molecule has 3 N–H and O–H groups in total. The third kappa shape index (κ3) is 4.09. The van der Waals surface area contributed by atoms with Crippen molar-refractivity contribution in [2.75, 3.05) is 5.32 Å². The molecule has 1 aromatic carbocycles. The highest BCUT2D eigenvalue weighted by molar-refractivity contribution is 9.10. The van der Waals surface area contributed by atoms with Crippen LogP contribution in [0.2, 0.25) is 0 Å². The van der Waals surface area contributed by atoms with Crippen LogP contribution < -0.4 is 11.1 Å². The lowest BCUT2D eigenvalue weighted by atomic mass is 10.1. The summed E-state index contributed by atoms with van der Waals surface area (Å²) in [6.07, 6.45) is 1.02. The maximum atomic E-state index is 13.2. The molecule has 5 heteroatoms. The molecule has 1 atom stereocenters. The van der Waals surface area contributed by atoms with Gasteiger partial charge in [-0.1, -0.05) is 6.92 Å². The van der Waals surface area contributed by atoms with Crippen LogP contribution in [0.1, 0.15) is 25.3 Å². The zero-order valence-electron chi connectivity index (χ0n) is 9.89. The Hall–Kier alpha value is -0.940. The van der Waals surface area contributed by atoms with E-state index in [1.807, 2.05) is 6.92 Å². The molecule has 0 saturated heterocycles. The number of rotatable bonds is 4. The first-order valence-electron chi connectivity index (χ1n) is 5.45. The predicted octanol–water partition coefficient (Wildman–Crippen LogP) is 2.96. The Morgan fingerprint density at radius 3 is 2.82 bits per heavy atom. The predicted molar refractivity (Wildman–Crippen MR) is 70.4 cm³/mol. The number of hydrogen-bond donors (Lipinski definition) is 2. The maximum absolute atomic E-state index is 13.2. The first kappa shape index (κ1) is 14.1. The molecule has 0 saturated carbocycles. The van der Waals surface area contributed by atoms with E-state index in [1.54, 1.807) is 13.0 Å². The van der Waals surface area contributed by atoms with Crippen molar-refractivity contribution in [3.05, 3.63) is 28.0 Å². The topological polar surface area (TPSA) is 55.1 Å². The van der Waals surface area contributed by atoms with Crippen LogP contribution in [-0.2, 0) is 4.79 Å². The number of benzene rings is 1. The van der Waals surface area contributed by atoms with Crippen molar-refractivity contribution in [3.8, 4) is 0 Å². The van der Waals surface area contributed by atoms with Crippen molar-refractivity contribution in [2.24, 2.45) is 5.73 Å². The highest BCUT2D eigenvalue weighted by atomic mass is 79.9. The van der Waals surface area contributed by atoms with Gasteiger partial charge in [0.05, 0.1) is 4.47 Å². The summed E-state index contributed by atoms with van der Waals surface area (Å²) < 4.78 is 13.5. The Kier molecular flexibility index (Phi) is 5.08. The van der Waals surface area contributed by atoms with Crippen LogP contribution in [0, 0.1) is 12.7 Å². The number of hydrogen-bond acceptors (Lipinski definition) is 2. The Bertz CT molecular complexity index is 423. The minimum Gasteiger partial charge on any atom is -0.327 e. The van der Waals surface area contributed by atoms with Crippen molar-refractivity contribution >= 4 is 27.5 Å². The summed E-state index contributed by atoms with van der Waals surface area (Å²) in [7, 11) is 0. The first-order valence-corrected chi connectivity index (χ1v) is 6.24. The number of anilines is 1. The molecule has 1 aromatic rings. The summed E-state index contributed by atoms with van der Waals surface area (Å²) in [6, 6.07) is 2.79. The van der Waals surface area contributed by atoms with Gasteiger partial charge in [-0.2, -0.15) is 0 Å². The van der Waals surface area contributed by atoms with E-state index in [0.717, 1.165) is 6.42 Å². The van der Waals surface area contributed by atoms with E-state index in [0.29, 0.717) is 15.7 Å². The Labute approximate surface area is 109 Å². The Morgan fingerprint density at radius 1 is 1.59 bits per heavy atom. The lowest BCUT2D eigenvalue weighted by Crippen LogP contribution is -2.26. The average molecular weight is 303 g/mol. The highest BCUT2D eigenvalue weighted by Crippen LogP contribution is 2.24. The number of nitrogens with one attached hydrogen (secondary N) is 1. The molecular formula is C12H16BrFN2O. The minimum atomic E-state index is -0.342. The van der Waals surface area contributed by atoms with Gasteiger partial charge in [0.25, 0.3) is 0 Å². The van der Waals surface area contributed by atoms with Gasteiger partial charge in [-0.3, -0.25) is 4.79 Å². The molecule has 17 heavy (non-hydrogen) atoms. The third-order valence-electron chi connectivity index (χ3n) is 2.51. The van der Waals surface area contributed by atoms with Gasteiger partial charge in [-0.05, 0) is 47.0 Å². The molecule has 0 spiro atoms. The number of carbonyl (C=O) groups is 1. The van der Waals surface area contributed by atoms with Gasteiger partial charge in [0.1, 0.15) is 5.82 Å². The van der Waals surface area contributed by atoms with Gasteiger partial charge in [0, 0.05) is 18.2 Å². The lowest BCUT2D eigenvalue weighted by molar-refractivity contribution is -0.116. The molecule has 0 bridgehead atoms. The number of halogens is 2. The smallest absolute Gasteiger partial charge is 0.225 e. The summed E-state index contributed by atoms with van der Waals surface area (Å²) >= 11 is 3.08. The van der Waals surface area contributed by atoms with Crippen molar-refractivity contribution in [3.63, 3.8) is 0 Å². The molecule has 0 heterocycles. The van der Waals surface area contributed by atoms with E-state index < -0.39 is 0 Å². The van der Waals surface area contributed by atoms with E-state index in [4.69, 9.17) is 5.73 Å². The van der Waals surface area contributed by atoms with Gasteiger partial charge in [-0.15, -0.1) is 0 Å². The molecule has 0 fully saturated rings. The van der Waals surface area contributed by atoms with Crippen LogP contribution in [0.4, 0.5) is 10.1 Å². The zero-order valence-corrected chi connectivity index (χ0v) is 11.5. The van der Waals surface area contributed by atoms with Crippen molar-refractivity contribution in [1.82, 2.24) is 0 Å². The second-order valence-corrected chi connectivity index (χ2v) is 4.86. The molecule has 3 nitrogen and oxygen atoms in total. The number of amides is 1. The monoisotopic (exact) mass is 302 g/mol. The fourth-order valence-electron chi connectivity index (χ4n) is 1.36. The summed E-state index contributed by atoms with van der Waals surface area (Å²) in [4.78, 5) is 11.6. The van der Waals surface area contributed by atoms with E-state index in [-0.39, 0.29) is 24.2 Å². The Balaban J connectivity index is 2.75. The van der Waals surface area contributed by atoms with Crippen molar-refractivity contribution < 1.29 is 9.18 Å². The largest absolute Gasteiger partial charge is 0.327 e. The van der Waals surface area contributed by atoms with E-state index >= 15 is 0 Å². The van der Waals surface area contributed by atoms with E-state index in [2.05, 4.69) is 21.2 Å². The second kappa shape index (κ2) is 6.12. The molecule has 0 aliphatic carbocycles. The molecule has 0 radical (unpaired) electrons. The van der Waals surface area contributed by atoms with E-state index in [1.165, 1.54) is 6.07 Å². The summed E-state index contributed by atoms with van der Waals surface area (Å²) in [5.41, 5.74) is 6.98. The van der Waals surface area contributed by atoms with Crippen LogP contribution in [0.5, 0.6) is 0 Å². The fourth-order valence-corrected chi connectivity index (χ4v) is 1.71. The normalized spacial score (nSPS) is 12.3. The third-order valence-corrected chi connectivity index (χ3v) is 3.12. The number of aryl methyl sites for hydroxylation is 1. The second-order valence-electron chi connectivity index (χ2n) is 4.00. The number of carbonyl (C=O) groups excluding carboxylic acids is 1. The van der Waals surface area contributed by atoms with Crippen molar-refractivity contribution in [1.29, 1.82) is 0 Å². The summed E-state index contributed by atoms with van der Waals surface area (Å²) in [6.45, 7) is 3.67. The van der Waals surface area contributed by atoms with Gasteiger partial charge in [0.15, 0.2) is 0 Å². The molecule has 0 aromatic heterocycles. The average Bonchev–Trinajstić information content (AvgIpc) is 2.25. The van der Waals surface area contributed by atoms with Crippen LogP contribution in [-0.4, -0.2) is 11.9 Å². The minimum absolute atomic E-state index is 0.140. The summed E-state index contributed by atoms with van der Waals surface area (Å²) in [5, 5.41) is 2.73. The van der Waals surface area contributed by atoms with E-state index in [9.17, 15) is 9.18 Å².